The Bertz CT molecular complexity index is 1680. The van der Waals surface area contributed by atoms with E-state index in [0.29, 0.717) is 43.9 Å². The third kappa shape index (κ3) is 7.28. The molecule has 53 heavy (non-hydrogen) atoms. The number of carbonyl (C=O) groups excluding carboxylic acids is 4. The molecule has 2 aromatic carbocycles. The molecule has 3 saturated heterocycles. The normalized spacial score (nSPS) is 32.0. The molecular formula is C40H48N4O9. The standard InChI is InChI=1S/C40H48N4O9/c1-50-26-29-35(28-13-6-3-7-14-28)52-39(49)33-31(15-8-9-16-32(46)41-29)53-40-17-10-18-43(20-19-42-21-23-51-24-22-42)38(48)36(40)44(37(47)34(33)40)30(25-45)27-11-4-2-5-12-27/h2-8,10-15,17,29-31,33-36,45H,9,16,18-26H2,1H3,(H,41,46)/b15-8-/t29-,30+,31-,33+,34+,35-,36-,40+/m0/s1. The van der Waals surface area contributed by atoms with Crippen molar-refractivity contribution < 1.29 is 43.2 Å². The van der Waals surface area contributed by atoms with Crippen molar-refractivity contribution in [1.82, 2.24) is 20.0 Å². The fraction of sp³-hybridized carbons (Fsp3) is 0.500. The van der Waals surface area contributed by atoms with Gasteiger partial charge in [0, 0.05) is 46.3 Å². The summed E-state index contributed by atoms with van der Waals surface area (Å²) in [6, 6.07) is 15.4. The fourth-order valence-corrected chi connectivity index (χ4v) is 8.53. The number of cyclic esters (lactones) is 1. The monoisotopic (exact) mass is 728 g/mol. The lowest BCUT2D eigenvalue weighted by Gasteiger charge is -2.39. The Balaban J connectivity index is 1.30. The topological polar surface area (TPSA) is 147 Å². The molecule has 1 spiro atoms. The second-order valence-electron chi connectivity index (χ2n) is 14.2. The second-order valence-corrected chi connectivity index (χ2v) is 14.2. The second kappa shape index (κ2) is 16.3. The number of morpholine rings is 1. The van der Waals surface area contributed by atoms with Crippen LogP contribution in [0.4, 0.5) is 0 Å². The van der Waals surface area contributed by atoms with E-state index in [-0.39, 0.29) is 31.4 Å². The van der Waals surface area contributed by atoms with E-state index in [1.165, 1.54) is 12.0 Å². The molecule has 0 aromatic heterocycles. The first-order valence-corrected chi connectivity index (χ1v) is 18.5. The zero-order chi connectivity index (χ0) is 37.0. The van der Waals surface area contributed by atoms with Gasteiger partial charge in [-0.1, -0.05) is 85.0 Å². The molecule has 3 amide bonds. The van der Waals surface area contributed by atoms with Crippen molar-refractivity contribution in [3.8, 4) is 0 Å². The lowest BCUT2D eigenvalue weighted by atomic mass is 9.77. The minimum absolute atomic E-state index is 0.0634. The number of methoxy groups -OCH3 is 1. The SMILES string of the molecule is COC[C@@H]1NC(=O)CC/C=C\[C@@H]2O[C@@]34C=CCN(CCN5CCOCC5)C(=O)[C@@H]3N([C@H](CO)c3ccccc3)C(=O)[C@H]4[C@@H]2C(=O)O[C@H]1c1ccccc1. The molecule has 0 radical (unpaired) electrons. The Morgan fingerprint density at radius 1 is 0.962 bits per heavy atom. The van der Waals surface area contributed by atoms with Crippen LogP contribution in [0.1, 0.15) is 36.1 Å². The summed E-state index contributed by atoms with van der Waals surface area (Å²) in [6.45, 7) is 3.70. The average Bonchev–Trinajstić information content (AvgIpc) is 3.57. The maximum Gasteiger partial charge on any atom is 0.313 e. The molecule has 5 aliphatic rings. The molecule has 13 heteroatoms. The van der Waals surface area contributed by atoms with Crippen LogP contribution in [0.2, 0.25) is 0 Å². The number of nitrogens with one attached hydrogen (secondary N) is 1. The number of rotatable bonds is 9. The molecule has 0 saturated carbocycles. The Morgan fingerprint density at radius 3 is 2.42 bits per heavy atom. The van der Waals surface area contributed by atoms with E-state index in [1.807, 2.05) is 66.7 Å². The molecule has 13 nitrogen and oxygen atoms in total. The highest BCUT2D eigenvalue weighted by Gasteiger charge is 2.72. The van der Waals surface area contributed by atoms with Gasteiger partial charge in [0.2, 0.25) is 17.7 Å². The number of aliphatic hydroxyl groups is 1. The molecule has 2 N–H and O–H groups in total. The summed E-state index contributed by atoms with van der Waals surface area (Å²) in [5.74, 6) is -4.03. The van der Waals surface area contributed by atoms with Gasteiger partial charge in [0.15, 0.2) is 0 Å². The predicted octanol–water partition coefficient (Wildman–Crippen LogP) is 1.80. The molecule has 0 aliphatic carbocycles. The van der Waals surface area contributed by atoms with Crippen molar-refractivity contribution in [2.75, 3.05) is 66.3 Å². The van der Waals surface area contributed by atoms with Crippen molar-refractivity contribution >= 4 is 23.7 Å². The van der Waals surface area contributed by atoms with E-state index in [0.717, 1.165) is 13.1 Å². The van der Waals surface area contributed by atoms with Gasteiger partial charge >= 0.3 is 5.97 Å². The number of aliphatic hydroxyl groups excluding tert-OH is 1. The van der Waals surface area contributed by atoms with Crippen LogP contribution < -0.4 is 5.32 Å². The number of amides is 3. The van der Waals surface area contributed by atoms with Gasteiger partial charge < -0.3 is 39.2 Å². The highest BCUT2D eigenvalue weighted by molar-refractivity contribution is 5.99. The molecule has 7 rings (SSSR count). The van der Waals surface area contributed by atoms with Gasteiger partial charge in [-0.25, -0.2) is 0 Å². The molecule has 282 valence electrons. The molecule has 2 aromatic rings. The van der Waals surface area contributed by atoms with E-state index in [9.17, 15) is 19.5 Å². The fourth-order valence-electron chi connectivity index (χ4n) is 8.53. The lowest BCUT2D eigenvalue weighted by molar-refractivity contribution is -0.163. The van der Waals surface area contributed by atoms with Crippen LogP contribution in [0, 0.1) is 11.8 Å². The number of ether oxygens (including phenoxy) is 4. The number of esters is 1. The highest BCUT2D eigenvalue weighted by Crippen LogP contribution is 2.55. The van der Waals surface area contributed by atoms with Crippen molar-refractivity contribution in [3.63, 3.8) is 0 Å². The van der Waals surface area contributed by atoms with Crippen LogP contribution >= 0.6 is 0 Å². The van der Waals surface area contributed by atoms with Crippen LogP contribution in [0.3, 0.4) is 0 Å². The van der Waals surface area contributed by atoms with Crippen LogP contribution in [0.25, 0.3) is 0 Å². The largest absolute Gasteiger partial charge is 0.455 e. The third-order valence-electron chi connectivity index (χ3n) is 11.1. The van der Waals surface area contributed by atoms with Gasteiger partial charge in [0.1, 0.15) is 23.7 Å². The van der Waals surface area contributed by atoms with E-state index in [2.05, 4.69) is 10.2 Å². The summed E-state index contributed by atoms with van der Waals surface area (Å²) in [5, 5.41) is 13.9. The zero-order valence-electron chi connectivity index (χ0n) is 30.0. The summed E-state index contributed by atoms with van der Waals surface area (Å²) in [7, 11) is 1.51. The Morgan fingerprint density at radius 2 is 1.70 bits per heavy atom. The van der Waals surface area contributed by atoms with Crippen LogP contribution in [-0.4, -0.2) is 134 Å². The predicted molar refractivity (Wildman–Crippen MR) is 192 cm³/mol. The maximum atomic E-state index is 15.1. The first-order chi connectivity index (χ1) is 25.9. The van der Waals surface area contributed by atoms with Crippen molar-refractivity contribution in [3.05, 3.63) is 96.1 Å². The van der Waals surface area contributed by atoms with Crippen LogP contribution in [0.5, 0.6) is 0 Å². The highest BCUT2D eigenvalue weighted by atomic mass is 16.6. The molecule has 8 atom stereocenters. The van der Waals surface area contributed by atoms with E-state index >= 15 is 4.79 Å². The number of allylic oxidation sites excluding steroid dienone is 1. The summed E-state index contributed by atoms with van der Waals surface area (Å²) in [5.41, 5.74) is -0.256. The van der Waals surface area contributed by atoms with Gasteiger partial charge in [-0.2, -0.15) is 0 Å². The average molecular weight is 729 g/mol. The number of nitrogens with zero attached hydrogens (tertiary/aromatic N) is 3. The molecular weight excluding hydrogens is 680 g/mol. The lowest BCUT2D eigenvalue weighted by Crippen LogP contribution is -2.57. The molecule has 3 fully saturated rings. The quantitative estimate of drug-likeness (QED) is 0.290. The van der Waals surface area contributed by atoms with E-state index in [4.69, 9.17) is 18.9 Å². The Hall–Kier alpha value is -4.40. The Kier molecular flexibility index (Phi) is 11.4. The van der Waals surface area contributed by atoms with Gasteiger partial charge in [0.05, 0.1) is 50.5 Å². The number of carbonyl (C=O) groups is 4. The first kappa shape index (κ1) is 36.9. The summed E-state index contributed by atoms with van der Waals surface area (Å²) >= 11 is 0. The number of fused-ring (bicyclic) bond motifs is 2. The third-order valence-corrected chi connectivity index (χ3v) is 11.1. The molecule has 0 bridgehead atoms. The maximum absolute atomic E-state index is 15.1. The van der Waals surface area contributed by atoms with Crippen LogP contribution in [0.15, 0.2) is 85.0 Å². The minimum atomic E-state index is -1.55. The first-order valence-electron chi connectivity index (χ1n) is 18.5. The van der Waals surface area contributed by atoms with Gasteiger partial charge in [-0.3, -0.25) is 24.1 Å². The van der Waals surface area contributed by atoms with Gasteiger partial charge in [0.25, 0.3) is 0 Å². The number of hydrogen-bond donors (Lipinski definition) is 2. The zero-order valence-corrected chi connectivity index (χ0v) is 30.0. The van der Waals surface area contributed by atoms with Crippen molar-refractivity contribution in [1.29, 1.82) is 0 Å². The van der Waals surface area contributed by atoms with Crippen LogP contribution in [-0.2, 0) is 38.1 Å². The smallest absolute Gasteiger partial charge is 0.313 e. The minimum Gasteiger partial charge on any atom is -0.455 e. The number of benzene rings is 2. The number of likely N-dealkylation sites (tertiary alicyclic amines) is 1. The number of hydrogen-bond acceptors (Lipinski definition) is 10. The van der Waals surface area contributed by atoms with Crippen molar-refractivity contribution in [2.24, 2.45) is 11.8 Å². The van der Waals surface area contributed by atoms with Gasteiger partial charge in [-0.15, -0.1) is 0 Å². The Labute approximate surface area is 309 Å². The van der Waals surface area contributed by atoms with Gasteiger partial charge in [-0.05, 0) is 17.5 Å². The summed E-state index contributed by atoms with van der Waals surface area (Å²) in [4.78, 5) is 63.3. The van der Waals surface area contributed by atoms with E-state index in [1.54, 1.807) is 23.1 Å². The summed E-state index contributed by atoms with van der Waals surface area (Å²) in [6.07, 6.45) is 5.76. The molecule has 5 heterocycles. The van der Waals surface area contributed by atoms with E-state index < -0.39 is 66.3 Å². The summed E-state index contributed by atoms with van der Waals surface area (Å²) < 4.78 is 24.3. The molecule has 0 unspecified atom stereocenters. The van der Waals surface area contributed by atoms with Crippen molar-refractivity contribution in [2.45, 2.75) is 48.8 Å². The molecule has 5 aliphatic heterocycles.